The Kier molecular flexibility index (Phi) is 5.22. The SMILES string of the molecule is CNS(=O)(=O)c1ccc(NS(=O)(=O)c2ccc(N3CCCC3=O)cc2)cc1. The average Bonchev–Trinajstić information content (AvgIpc) is 3.08. The second kappa shape index (κ2) is 7.29. The number of nitrogens with zero attached hydrogens (tertiary/aromatic N) is 1. The summed E-state index contributed by atoms with van der Waals surface area (Å²) in [6, 6.07) is 11.4. The zero-order chi connectivity index (χ0) is 19.7. The first-order valence-corrected chi connectivity index (χ1v) is 11.2. The molecule has 0 saturated carbocycles. The molecule has 0 spiro atoms. The highest BCUT2D eigenvalue weighted by atomic mass is 32.2. The first-order valence-electron chi connectivity index (χ1n) is 8.20. The number of carbonyl (C=O) groups excluding carboxylic acids is 1. The van der Waals surface area contributed by atoms with Gasteiger partial charge in [0.2, 0.25) is 15.9 Å². The van der Waals surface area contributed by atoms with E-state index in [1.165, 1.54) is 43.4 Å². The summed E-state index contributed by atoms with van der Waals surface area (Å²) in [5, 5.41) is 0. The number of anilines is 2. The summed E-state index contributed by atoms with van der Waals surface area (Å²) in [6.45, 7) is 0.630. The molecule has 1 heterocycles. The summed E-state index contributed by atoms with van der Waals surface area (Å²) in [6.07, 6.45) is 1.29. The molecule has 144 valence electrons. The van der Waals surface area contributed by atoms with Gasteiger partial charge < -0.3 is 4.90 Å². The Bertz CT molecular complexity index is 1050. The van der Waals surface area contributed by atoms with E-state index < -0.39 is 20.0 Å². The molecule has 8 nitrogen and oxygen atoms in total. The van der Waals surface area contributed by atoms with Gasteiger partial charge in [0, 0.05) is 24.3 Å². The van der Waals surface area contributed by atoms with Crippen molar-refractivity contribution in [3.05, 3.63) is 48.5 Å². The minimum absolute atomic E-state index is 0.0281. The maximum atomic E-state index is 12.5. The fourth-order valence-electron chi connectivity index (χ4n) is 2.76. The lowest BCUT2D eigenvalue weighted by Gasteiger charge is -2.16. The minimum Gasteiger partial charge on any atom is -0.312 e. The van der Waals surface area contributed by atoms with Crippen molar-refractivity contribution in [2.24, 2.45) is 0 Å². The highest BCUT2D eigenvalue weighted by Crippen LogP contribution is 2.24. The van der Waals surface area contributed by atoms with Gasteiger partial charge in [0.15, 0.2) is 0 Å². The van der Waals surface area contributed by atoms with Crippen LogP contribution in [0.4, 0.5) is 11.4 Å². The van der Waals surface area contributed by atoms with Gasteiger partial charge in [-0.2, -0.15) is 0 Å². The summed E-state index contributed by atoms with van der Waals surface area (Å²) < 4.78 is 53.0. The first kappa shape index (κ1) is 19.3. The van der Waals surface area contributed by atoms with Crippen LogP contribution in [-0.2, 0) is 24.8 Å². The van der Waals surface area contributed by atoms with Crippen molar-refractivity contribution in [1.29, 1.82) is 0 Å². The van der Waals surface area contributed by atoms with E-state index in [1.807, 2.05) is 0 Å². The smallest absolute Gasteiger partial charge is 0.261 e. The highest BCUT2D eigenvalue weighted by molar-refractivity contribution is 7.92. The van der Waals surface area contributed by atoms with Crippen LogP contribution in [0, 0.1) is 0 Å². The van der Waals surface area contributed by atoms with Gasteiger partial charge in [-0.3, -0.25) is 9.52 Å². The van der Waals surface area contributed by atoms with Crippen molar-refractivity contribution < 1.29 is 21.6 Å². The monoisotopic (exact) mass is 409 g/mol. The van der Waals surface area contributed by atoms with Gasteiger partial charge in [0.05, 0.1) is 9.79 Å². The van der Waals surface area contributed by atoms with E-state index >= 15 is 0 Å². The fraction of sp³-hybridized carbons (Fsp3) is 0.235. The van der Waals surface area contributed by atoms with Crippen LogP contribution in [-0.4, -0.2) is 36.3 Å². The molecule has 10 heteroatoms. The van der Waals surface area contributed by atoms with E-state index in [4.69, 9.17) is 0 Å². The third kappa shape index (κ3) is 4.12. The maximum Gasteiger partial charge on any atom is 0.261 e. The lowest BCUT2D eigenvalue weighted by molar-refractivity contribution is -0.117. The van der Waals surface area contributed by atoms with Crippen LogP contribution in [0.2, 0.25) is 0 Å². The zero-order valence-corrected chi connectivity index (χ0v) is 16.2. The molecule has 0 radical (unpaired) electrons. The molecule has 1 amide bonds. The molecule has 2 aromatic carbocycles. The molecule has 1 aliphatic heterocycles. The number of hydrogen-bond acceptors (Lipinski definition) is 5. The van der Waals surface area contributed by atoms with Crippen molar-refractivity contribution >= 4 is 37.3 Å². The molecule has 0 bridgehead atoms. The standard InChI is InChI=1S/C17H19N3O5S2/c1-18-26(22,23)15-8-4-13(5-9-15)19-27(24,25)16-10-6-14(7-11-16)20-12-2-3-17(20)21/h4-11,18-19H,2-3,12H2,1H3. The van der Waals surface area contributed by atoms with Gasteiger partial charge in [-0.15, -0.1) is 0 Å². The van der Waals surface area contributed by atoms with Crippen LogP contribution < -0.4 is 14.3 Å². The van der Waals surface area contributed by atoms with E-state index in [0.717, 1.165) is 6.42 Å². The Balaban J connectivity index is 1.77. The Morgan fingerprint density at radius 1 is 0.852 bits per heavy atom. The molecule has 0 aromatic heterocycles. The van der Waals surface area contributed by atoms with Crippen LogP contribution >= 0.6 is 0 Å². The molecular formula is C17H19N3O5S2. The van der Waals surface area contributed by atoms with E-state index in [1.54, 1.807) is 17.0 Å². The van der Waals surface area contributed by atoms with Gasteiger partial charge in [-0.05, 0) is 62.0 Å². The molecule has 0 unspecified atom stereocenters. The Morgan fingerprint density at radius 2 is 1.41 bits per heavy atom. The summed E-state index contributed by atoms with van der Waals surface area (Å²) >= 11 is 0. The van der Waals surface area contributed by atoms with Crippen molar-refractivity contribution in [2.75, 3.05) is 23.2 Å². The second-order valence-electron chi connectivity index (χ2n) is 5.98. The first-order chi connectivity index (χ1) is 12.7. The Morgan fingerprint density at radius 3 is 1.93 bits per heavy atom. The van der Waals surface area contributed by atoms with Gasteiger partial charge in [-0.25, -0.2) is 21.6 Å². The van der Waals surface area contributed by atoms with Crippen LogP contribution in [0.1, 0.15) is 12.8 Å². The van der Waals surface area contributed by atoms with Gasteiger partial charge in [-0.1, -0.05) is 0 Å². The maximum absolute atomic E-state index is 12.5. The number of sulfonamides is 2. The number of rotatable bonds is 6. The molecule has 1 fully saturated rings. The summed E-state index contributed by atoms with van der Waals surface area (Å²) in [5.41, 5.74) is 0.905. The van der Waals surface area contributed by atoms with Crippen molar-refractivity contribution in [3.63, 3.8) is 0 Å². The molecule has 2 aromatic rings. The summed E-state index contributed by atoms with van der Waals surface area (Å²) in [5.74, 6) is 0.0281. The Hall–Kier alpha value is -2.43. The summed E-state index contributed by atoms with van der Waals surface area (Å²) in [4.78, 5) is 13.5. The quantitative estimate of drug-likeness (QED) is 0.751. The number of hydrogen-bond donors (Lipinski definition) is 2. The molecule has 1 saturated heterocycles. The molecule has 2 N–H and O–H groups in total. The predicted octanol–water partition coefficient (Wildman–Crippen LogP) is 1.52. The van der Waals surface area contributed by atoms with Crippen LogP contribution in [0.15, 0.2) is 58.3 Å². The van der Waals surface area contributed by atoms with Gasteiger partial charge in [0.25, 0.3) is 10.0 Å². The molecular weight excluding hydrogens is 390 g/mol. The third-order valence-corrected chi connectivity index (χ3v) is 7.05. The van der Waals surface area contributed by atoms with Gasteiger partial charge in [0.1, 0.15) is 0 Å². The van der Waals surface area contributed by atoms with Gasteiger partial charge >= 0.3 is 0 Å². The number of amides is 1. The van der Waals surface area contributed by atoms with E-state index in [9.17, 15) is 21.6 Å². The van der Waals surface area contributed by atoms with E-state index in [0.29, 0.717) is 18.7 Å². The lowest BCUT2D eigenvalue weighted by atomic mass is 10.3. The number of nitrogens with one attached hydrogen (secondary N) is 2. The Labute approximate surface area is 158 Å². The average molecular weight is 409 g/mol. The van der Waals surface area contributed by atoms with Crippen LogP contribution in [0.3, 0.4) is 0 Å². The minimum atomic E-state index is -3.84. The lowest BCUT2D eigenvalue weighted by Crippen LogP contribution is -2.23. The topological polar surface area (TPSA) is 113 Å². The molecule has 1 aliphatic rings. The van der Waals surface area contributed by atoms with Crippen molar-refractivity contribution in [3.8, 4) is 0 Å². The largest absolute Gasteiger partial charge is 0.312 e. The van der Waals surface area contributed by atoms with Crippen LogP contribution in [0.5, 0.6) is 0 Å². The third-order valence-electron chi connectivity index (χ3n) is 4.22. The highest BCUT2D eigenvalue weighted by Gasteiger charge is 2.22. The van der Waals surface area contributed by atoms with E-state index in [2.05, 4.69) is 9.44 Å². The fourth-order valence-corrected chi connectivity index (χ4v) is 4.55. The molecule has 0 atom stereocenters. The second-order valence-corrected chi connectivity index (χ2v) is 9.55. The molecule has 0 aliphatic carbocycles. The van der Waals surface area contributed by atoms with Crippen molar-refractivity contribution in [1.82, 2.24) is 4.72 Å². The predicted molar refractivity (Wildman–Crippen MR) is 102 cm³/mol. The van der Waals surface area contributed by atoms with E-state index in [-0.39, 0.29) is 21.4 Å². The number of benzene rings is 2. The van der Waals surface area contributed by atoms with Crippen molar-refractivity contribution in [2.45, 2.75) is 22.6 Å². The summed E-state index contributed by atoms with van der Waals surface area (Å²) in [7, 11) is -6.13. The number of carbonyl (C=O) groups is 1. The van der Waals surface area contributed by atoms with Crippen LogP contribution in [0.25, 0.3) is 0 Å². The molecule has 3 rings (SSSR count). The molecule has 27 heavy (non-hydrogen) atoms. The normalized spacial score (nSPS) is 15.1. The zero-order valence-electron chi connectivity index (χ0n) is 14.5.